The number of ether oxygens (including phenoxy) is 2. The average Bonchev–Trinajstić information content (AvgIpc) is 3.44. The minimum absolute atomic E-state index is 0.175. The summed E-state index contributed by atoms with van der Waals surface area (Å²) in [5.74, 6) is 0.520. The molecule has 0 atom stereocenters. The Labute approximate surface area is 147 Å². The monoisotopic (exact) mass is 366 g/mol. The Morgan fingerprint density at radius 3 is 2.68 bits per heavy atom. The molecule has 6 nitrogen and oxygen atoms in total. The van der Waals surface area contributed by atoms with Crippen molar-refractivity contribution in [1.29, 1.82) is 0 Å². The van der Waals surface area contributed by atoms with E-state index >= 15 is 0 Å². The van der Waals surface area contributed by atoms with Gasteiger partial charge in [-0.25, -0.2) is 19.9 Å². The van der Waals surface area contributed by atoms with Crippen molar-refractivity contribution in [3.05, 3.63) is 30.4 Å². The zero-order valence-corrected chi connectivity index (χ0v) is 14.5. The number of hydrogen-bond acceptors (Lipinski definition) is 7. The highest BCUT2D eigenvalue weighted by atomic mass is 32.2. The van der Waals surface area contributed by atoms with E-state index in [1.165, 1.54) is 25.2 Å². The second kappa shape index (κ2) is 7.30. The third-order valence-corrected chi connectivity index (χ3v) is 4.30. The van der Waals surface area contributed by atoms with Gasteiger partial charge in [0.15, 0.2) is 5.82 Å². The number of hydrogen-bond donors (Lipinski definition) is 0. The van der Waals surface area contributed by atoms with Crippen LogP contribution in [0.3, 0.4) is 0 Å². The fraction of sp³-hybridized carbons (Fsp3) is 0.375. The highest BCUT2D eigenvalue weighted by molar-refractivity contribution is 7.98. The van der Waals surface area contributed by atoms with Gasteiger partial charge >= 0.3 is 6.61 Å². The van der Waals surface area contributed by atoms with Crippen molar-refractivity contribution < 1.29 is 18.3 Å². The molecule has 2 aromatic rings. The van der Waals surface area contributed by atoms with Gasteiger partial charge in [-0.05, 0) is 25.2 Å². The summed E-state index contributed by atoms with van der Waals surface area (Å²) in [6.45, 7) is 0.788. The molecule has 1 aliphatic carbocycles. The van der Waals surface area contributed by atoms with Crippen molar-refractivity contribution in [2.24, 2.45) is 0 Å². The van der Waals surface area contributed by atoms with E-state index in [0.717, 1.165) is 12.8 Å². The van der Waals surface area contributed by atoms with Crippen LogP contribution in [0, 0.1) is 0 Å². The van der Waals surface area contributed by atoms with Crippen LogP contribution in [0.5, 0.6) is 5.88 Å². The van der Waals surface area contributed by atoms with Crippen LogP contribution >= 0.6 is 11.8 Å². The summed E-state index contributed by atoms with van der Waals surface area (Å²) in [6, 6.07) is 1.72. The van der Waals surface area contributed by atoms with Crippen LogP contribution < -0.4 is 4.74 Å². The van der Waals surface area contributed by atoms with Gasteiger partial charge in [-0.1, -0.05) is 6.58 Å². The predicted octanol–water partition coefficient (Wildman–Crippen LogP) is 3.75. The minimum Gasteiger partial charge on any atom is -0.495 e. The lowest BCUT2D eigenvalue weighted by atomic mass is 10.1. The molecule has 0 radical (unpaired) electrons. The lowest BCUT2D eigenvalue weighted by molar-refractivity contribution is -0.0525. The maximum absolute atomic E-state index is 12.8. The molecule has 3 rings (SSSR count). The van der Waals surface area contributed by atoms with E-state index in [2.05, 4.69) is 31.3 Å². The first-order chi connectivity index (χ1) is 12.0. The molecule has 1 fully saturated rings. The number of nitrogens with zero attached hydrogens (tertiary/aromatic N) is 4. The first kappa shape index (κ1) is 17.5. The van der Waals surface area contributed by atoms with E-state index in [1.54, 1.807) is 6.07 Å². The molecule has 0 aliphatic heterocycles. The van der Waals surface area contributed by atoms with Gasteiger partial charge in [0.05, 0.1) is 12.8 Å². The highest BCUT2D eigenvalue weighted by Gasteiger charge is 2.32. The van der Waals surface area contributed by atoms with Gasteiger partial charge in [0.25, 0.3) is 0 Å². The second-order valence-corrected chi connectivity index (χ2v) is 6.16. The van der Waals surface area contributed by atoms with E-state index in [4.69, 9.17) is 4.74 Å². The van der Waals surface area contributed by atoms with Gasteiger partial charge in [0.1, 0.15) is 28.4 Å². The van der Waals surface area contributed by atoms with Crippen molar-refractivity contribution in [2.75, 3.05) is 13.4 Å². The lowest BCUT2D eigenvalue weighted by Gasteiger charge is -2.14. The Bertz CT molecular complexity index is 800. The molecule has 0 saturated heterocycles. The Morgan fingerprint density at radius 1 is 1.32 bits per heavy atom. The molecule has 0 bridgehead atoms. The molecule has 0 spiro atoms. The predicted molar refractivity (Wildman–Crippen MR) is 89.5 cm³/mol. The summed E-state index contributed by atoms with van der Waals surface area (Å²) in [6.07, 6.45) is 4.93. The van der Waals surface area contributed by atoms with E-state index < -0.39 is 6.61 Å². The topological polar surface area (TPSA) is 70.0 Å². The first-order valence-corrected chi connectivity index (χ1v) is 8.72. The number of alkyl halides is 2. The summed E-state index contributed by atoms with van der Waals surface area (Å²) >= 11 is 1.39. The fourth-order valence-corrected chi connectivity index (χ4v) is 2.73. The molecule has 0 aromatic carbocycles. The highest BCUT2D eigenvalue weighted by Crippen LogP contribution is 2.45. The van der Waals surface area contributed by atoms with Gasteiger partial charge in [0, 0.05) is 5.92 Å². The van der Waals surface area contributed by atoms with Gasteiger partial charge in [-0.2, -0.15) is 8.78 Å². The molecule has 1 saturated carbocycles. The summed E-state index contributed by atoms with van der Waals surface area (Å²) < 4.78 is 35.3. The van der Waals surface area contributed by atoms with Crippen LogP contribution in [0.4, 0.5) is 8.78 Å². The van der Waals surface area contributed by atoms with Gasteiger partial charge in [0.2, 0.25) is 5.88 Å². The first-order valence-electron chi connectivity index (χ1n) is 7.50. The van der Waals surface area contributed by atoms with Crippen molar-refractivity contribution in [3.63, 3.8) is 0 Å². The van der Waals surface area contributed by atoms with Crippen molar-refractivity contribution in [1.82, 2.24) is 19.9 Å². The van der Waals surface area contributed by atoms with Crippen molar-refractivity contribution >= 4 is 17.5 Å². The van der Waals surface area contributed by atoms with Crippen molar-refractivity contribution in [3.8, 4) is 17.3 Å². The van der Waals surface area contributed by atoms with E-state index in [1.807, 2.05) is 6.26 Å². The van der Waals surface area contributed by atoms with Crippen molar-refractivity contribution in [2.45, 2.75) is 30.4 Å². The molecule has 2 heterocycles. The molecule has 25 heavy (non-hydrogen) atoms. The maximum Gasteiger partial charge on any atom is 0.388 e. The average molecular weight is 366 g/mol. The van der Waals surface area contributed by atoms with Gasteiger partial charge in [-0.15, -0.1) is 11.8 Å². The quantitative estimate of drug-likeness (QED) is 0.420. The molecule has 1 aliphatic rings. The molecular formula is C16H16F2N4O2S. The lowest BCUT2D eigenvalue weighted by Crippen LogP contribution is -2.09. The summed E-state index contributed by atoms with van der Waals surface area (Å²) in [5, 5.41) is 0.645. The van der Waals surface area contributed by atoms with Crippen LogP contribution in [0.15, 0.2) is 24.0 Å². The smallest absolute Gasteiger partial charge is 0.388 e. The number of halogens is 2. The van der Waals surface area contributed by atoms with E-state index in [-0.39, 0.29) is 17.6 Å². The van der Waals surface area contributed by atoms with Gasteiger partial charge in [-0.3, -0.25) is 0 Å². The Hall–Kier alpha value is -2.29. The molecule has 2 aromatic heterocycles. The second-order valence-electron chi connectivity index (χ2n) is 5.34. The Kier molecular flexibility index (Phi) is 5.12. The van der Waals surface area contributed by atoms with Crippen LogP contribution in [0.2, 0.25) is 0 Å². The standard InChI is InChI=1S/C16H16F2N4O2S/c1-8(23-2)10-6-11(25-3)22-14(21-10)12-13(9-4-5-9)19-7-20-15(12)24-16(17)18/h6-7,9,16H,1,4-5H2,2-3H3. The molecule has 9 heteroatoms. The van der Waals surface area contributed by atoms with Crippen LogP contribution in [-0.4, -0.2) is 39.9 Å². The molecular weight excluding hydrogens is 350 g/mol. The molecule has 0 N–H and O–H groups in total. The fourth-order valence-electron chi connectivity index (χ4n) is 2.32. The Morgan fingerprint density at radius 2 is 2.08 bits per heavy atom. The third kappa shape index (κ3) is 3.87. The summed E-state index contributed by atoms with van der Waals surface area (Å²) in [4.78, 5) is 17.0. The van der Waals surface area contributed by atoms with Gasteiger partial charge < -0.3 is 9.47 Å². The SMILES string of the molecule is C=C(OC)c1cc(SC)nc(-c2c(OC(F)F)ncnc2C2CC2)n1. The maximum atomic E-state index is 12.8. The number of rotatable bonds is 7. The largest absolute Gasteiger partial charge is 0.495 e. The minimum atomic E-state index is -3.00. The molecule has 0 amide bonds. The summed E-state index contributed by atoms with van der Waals surface area (Å²) in [5.41, 5.74) is 1.38. The zero-order chi connectivity index (χ0) is 18.0. The zero-order valence-electron chi connectivity index (χ0n) is 13.7. The molecule has 132 valence electrons. The van der Waals surface area contributed by atoms with E-state index in [0.29, 0.717) is 27.7 Å². The molecule has 0 unspecified atom stereocenters. The van der Waals surface area contributed by atoms with E-state index in [9.17, 15) is 8.78 Å². The number of thioether (sulfide) groups is 1. The van der Waals surface area contributed by atoms with Crippen LogP contribution in [-0.2, 0) is 4.74 Å². The van der Waals surface area contributed by atoms with Crippen LogP contribution in [0.1, 0.15) is 30.1 Å². The number of aromatic nitrogens is 4. The number of methoxy groups -OCH3 is 1. The third-order valence-electron chi connectivity index (χ3n) is 3.67. The normalized spacial score (nSPS) is 13.8. The van der Waals surface area contributed by atoms with Crippen LogP contribution in [0.25, 0.3) is 17.1 Å². The Balaban J connectivity index is 2.18. The summed E-state index contributed by atoms with van der Waals surface area (Å²) in [7, 11) is 1.48.